The fourth-order valence-electron chi connectivity index (χ4n) is 2.89. The second kappa shape index (κ2) is 5.28. The quantitative estimate of drug-likeness (QED) is 0.862. The van der Waals surface area contributed by atoms with Gasteiger partial charge >= 0.3 is 5.97 Å². The molecule has 3 nitrogen and oxygen atoms in total. The van der Waals surface area contributed by atoms with E-state index in [0.29, 0.717) is 10.9 Å². The largest absolute Gasteiger partial charge is 0.493 e. The van der Waals surface area contributed by atoms with Crippen LogP contribution < -0.4 is 4.74 Å². The van der Waals surface area contributed by atoms with Gasteiger partial charge < -0.3 is 9.84 Å². The fraction of sp³-hybridized carbons (Fsp3) is 0.562. The lowest BCUT2D eigenvalue weighted by molar-refractivity contribution is -0.137. The SMILES string of the molecule is O=C(O)CC1(c2cc(Cl)ccc2OCC2CCC2)CC1. The summed E-state index contributed by atoms with van der Waals surface area (Å²) in [7, 11) is 0. The van der Waals surface area contributed by atoms with E-state index in [1.165, 1.54) is 19.3 Å². The van der Waals surface area contributed by atoms with Crippen LogP contribution in [0.15, 0.2) is 18.2 Å². The number of carboxylic acid groups (broad SMARTS) is 1. The number of rotatable bonds is 6. The minimum absolute atomic E-state index is 0.160. The molecular formula is C16H19ClO3. The van der Waals surface area contributed by atoms with Crippen molar-refractivity contribution in [3.8, 4) is 5.75 Å². The van der Waals surface area contributed by atoms with Crippen LogP contribution in [0.3, 0.4) is 0 Å². The van der Waals surface area contributed by atoms with E-state index in [4.69, 9.17) is 21.4 Å². The summed E-state index contributed by atoms with van der Waals surface area (Å²) >= 11 is 6.09. The van der Waals surface area contributed by atoms with E-state index in [2.05, 4.69) is 0 Å². The number of halogens is 1. The zero-order valence-corrected chi connectivity index (χ0v) is 12.2. The molecule has 0 unspecified atom stereocenters. The first-order chi connectivity index (χ1) is 9.59. The summed E-state index contributed by atoms with van der Waals surface area (Å²) in [4.78, 5) is 11.1. The molecule has 0 heterocycles. The van der Waals surface area contributed by atoms with Crippen molar-refractivity contribution in [1.29, 1.82) is 0 Å². The molecule has 0 aliphatic heterocycles. The fourth-order valence-corrected chi connectivity index (χ4v) is 3.06. The van der Waals surface area contributed by atoms with Crippen LogP contribution in [0.25, 0.3) is 0 Å². The summed E-state index contributed by atoms with van der Waals surface area (Å²) in [5.74, 6) is 0.723. The summed E-state index contributed by atoms with van der Waals surface area (Å²) < 4.78 is 5.95. The van der Waals surface area contributed by atoms with Gasteiger partial charge in [0, 0.05) is 16.0 Å². The Morgan fingerprint density at radius 2 is 2.15 bits per heavy atom. The Balaban J connectivity index is 1.80. The van der Waals surface area contributed by atoms with Crippen LogP contribution in [0, 0.1) is 5.92 Å². The zero-order valence-electron chi connectivity index (χ0n) is 11.4. The van der Waals surface area contributed by atoms with Crippen molar-refractivity contribution in [2.24, 2.45) is 5.92 Å². The van der Waals surface area contributed by atoms with Gasteiger partial charge in [0.15, 0.2) is 0 Å². The summed E-state index contributed by atoms with van der Waals surface area (Å²) in [6.07, 6.45) is 5.74. The third-order valence-corrected chi connectivity index (χ3v) is 4.79. The van der Waals surface area contributed by atoms with Crippen LogP contribution >= 0.6 is 11.6 Å². The molecule has 0 saturated heterocycles. The van der Waals surface area contributed by atoms with Gasteiger partial charge in [-0.3, -0.25) is 4.79 Å². The van der Waals surface area contributed by atoms with Crippen LogP contribution in [0.4, 0.5) is 0 Å². The Morgan fingerprint density at radius 3 is 2.70 bits per heavy atom. The van der Waals surface area contributed by atoms with Gasteiger partial charge in [0.1, 0.15) is 5.75 Å². The molecule has 0 radical (unpaired) electrons. The lowest BCUT2D eigenvalue weighted by Gasteiger charge is -2.26. The van der Waals surface area contributed by atoms with Gasteiger partial charge in [-0.2, -0.15) is 0 Å². The van der Waals surface area contributed by atoms with Crippen molar-refractivity contribution in [2.45, 2.75) is 43.9 Å². The maximum absolute atomic E-state index is 11.1. The Morgan fingerprint density at radius 1 is 1.40 bits per heavy atom. The highest BCUT2D eigenvalue weighted by Gasteiger charge is 2.48. The topological polar surface area (TPSA) is 46.5 Å². The van der Waals surface area contributed by atoms with Gasteiger partial charge in [0.05, 0.1) is 13.0 Å². The second-order valence-electron chi connectivity index (χ2n) is 6.10. The second-order valence-corrected chi connectivity index (χ2v) is 6.54. The summed E-state index contributed by atoms with van der Waals surface area (Å²) in [5.41, 5.74) is 0.720. The Labute approximate surface area is 123 Å². The molecular weight excluding hydrogens is 276 g/mol. The first kappa shape index (κ1) is 13.7. The number of aliphatic carboxylic acids is 1. The predicted octanol–water partition coefficient (Wildman–Crippen LogP) is 4.03. The number of carbonyl (C=O) groups is 1. The standard InChI is InChI=1S/C16H19ClO3/c17-12-4-5-14(20-10-11-2-1-3-11)13(8-12)16(6-7-16)9-15(18)19/h4-5,8,11H,1-3,6-7,9-10H2,(H,18,19). The van der Waals surface area contributed by atoms with E-state index < -0.39 is 5.97 Å². The molecule has 0 spiro atoms. The molecule has 2 aliphatic carbocycles. The number of ether oxygens (including phenoxy) is 1. The lowest BCUT2D eigenvalue weighted by Crippen LogP contribution is -2.21. The normalized spacial score (nSPS) is 20.2. The third-order valence-electron chi connectivity index (χ3n) is 4.56. The average molecular weight is 295 g/mol. The summed E-state index contributed by atoms with van der Waals surface area (Å²) in [6.45, 7) is 0.734. The van der Waals surface area contributed by atoms with Gasteiger partial charge in [0.25, 0.3) is 0 Å². The molecule has 20 heavy (non-hydrogen) atoms. The average Bonchev–Trinajstić information content (AvgIpc) is 3.08. The minimum atomic E-state index is -0.757. The molecule has 1 N–H and O–H groups in total. The van der Waals surface area contributed by atoms with E-state index >= 15 is 0 Å². The highest BCUT2D eigenvalue weighted by molar-refractivity contribution is 6.30. The smallest absolute Gasteiger partial charge is 0.304 e. The number of carboxylic acids is 1. The van der Waals surface area contributed by atoms with E-state index in [1.807, 2.05) is 18.2 Å². The number of hydrogen-bond donors (Lipinski definition) is 1. The van der Waals surface area contributed by atoms with Crippen molar-refractivity contribution in [1.82, 2.24) is 0 Å². The van der Waals surface area contributed by atoms with Crippen molar-refractivity contribution < 1.29 is 14.6 Å². The Bertz CT molecular complexity index is 518. The zero-order chi connectivity index (χ0) is 14.2. The van der Waals surface area contributed by atoms with Crippen LogP contribution in [-0.2, 0) is 10.2 Å². The summed E-state index contributed by atoms with van der Waals surface area (Å²) in [5, 5.41) is 9.75. The van der Waals surface area contributed by atoms with Crippen molar-refractivity contribution >= 4 is 17.6 Å². The molecule has 2 fully saturated rings. The van der Waals surface area contributed by atoms with Crippen molar-refractivity contribution in [3.63, 3.8) is 0 Å². The van der Waals surface area contributed by atoms with Gasteiger partial charge in [0.2, 0.25) is 0 Å². The van der Waals surface area contributed by atoms with Crippen LogP contribution in [-0.4, -0.2) is 17.7 Å². The lowest BCUT2D eigenvalue weighted by atomic mass is 9.86. The van der Waals surface area contributed by atoms with E-state index in [9.17, 15) is 4.79 Å². The molecule has 0 bridgehead atoms. The molecule has 0 aromatic heterocycles. The molecule has 0 atom stereocenters. The van der Waals surface area contributed by atoms with Crippen molar-refractivity contribution in [2.75, 3.05) is 6.61 Å². The summed E-state index contributed by atoms with van der Waals surface area (Å²) in [6, 6.07) is 5.59. The van der Waals surface area contributed by atoms with Crippen molar-refractivity contribution in [3.05, 3.63) is 28.8 Å². The van der Waals surface area contributed by atoms with E-state index in [-0.39, 0.29) is 11.8 Å². The molecule has 4 heteroatoms. The molecule has 1 aromatic rings. The van der Waals surface area contributed by atoms with Crippen LogP contribution in [0.1, 0.15) is 44.1 Å². The molecule has 1 aromatic carbocycles. The minimum Gasteiger partial charge on any atom is -0.493 e. The first-order valence-electron chi connectivity index (χ1n) is 7.24. The van der Waals surface area contributed by atoms with E-state index in [1.54, 1.807) is 0 Å². The molecule has 2 saturated carbocycles. The van der Waals surface area contributed by atoms with Gasteiger partial charge in [-0.05, 0) is 49.8 Å². The first-order valence-corrected chi connectivity index (χ1v) is 7.61. The Hall–Kier alpha value is -1.22. The van der Waals surface area contributed by atoms with Crippen LogP contribution in [0.5, 0.6) is 5.75 Å². The maximum Gasteiger partial charge on any atom is 0.304 e. The van der Waals surface area contributed by atoms with E-state index in [0.717, 1.165) is 30.8 Å². The maximum atomic E-state index is 11.1. The highest BCUT2D eigenvalue weighted by Crippen LogP contribution is 2.54. The molecule has 0 amide bonds. The third kappa shape index (κ3) is 2.78. The molecule has 3 rings (SSSR count). The molecule has 2 aliphatic rings. The van der Waals surface area contributed by atoms with Gasteiger partial charge in [-0.15, -0.1) is 0 Å². The Kier molecular flexibility index (Phi) is 3.63. The van der Waals surface area contributed by atoms with Gasteiger partial charge in [-0.25, -0.2) is 0 Å². The highest BCUT2D eigenvalue weighted by atomic mass is 35.5. The molecule has 108 valence electrons. The predicted molar refractivity (Wildman–Crippen MR) is 77.5 cm³/mol. The van der Waals surface area contributed by atoms with Crippen LogP contribution in [0.2, 0.25) is 5.02 Å². The van der Waals surface area contributed by atoms with Gasteiger partial charge in [-0.1, -0.05) is 18.0 Å². The monoisotopic (exact) mass is 294 g/mol. The number of hydrogen-bond acceptors (Lipinski definition) is 2. The number of benzene rings is 1.